The number of likely N-dealkylation sites (N-methyl/N-ethyl adjacent to an activating group) is 2. The van der Waals surface area contributed by atoms with Gasteiger partial charge in [0.1, 0.15) is 5.82 Å². The molecule has 0 spiro atoms. The molecule has 1 fully saturated rings. The van der Waals surface area contributed by atoms with Crippen LogP contribution in [0.2, 0.25) is 0 Å². The predicted octanol–water partition coefficient (Wildman–Crippen LogP) is 1.56. The lowest BCUT2D eigenvalue weighted by atomic mass is 10.1. The van der Waals surface area contributed by atoms with Crippen molar-refractivity contribution in [3.05, 3.63) is 34.1 Å². The van der Waals surface area contributed by atoms with Gasteiger partial charge >= 0.3 is 0 Å². The second-order valence-electron chi connectivity index (χ2n) is 5.21. The zero-order chi connectivity index (χ0) is 14.7. The van der Waals surface area contributed by atoms with Gasteiger partial charge in [0, 0.05) is 32.2 Å². The Balaban J connectivity index is 1.96. The highest BCUT2D eigenvalue weighted by Gasteiger charge is 2.23. The van der Waals surface area contributed by atoms with E-state index in [1.165, 1.54) is 12.1 Å². The first-order valence-electron chi connectivity index (χ1n) is 6.60. The van der Waals surface area contributed by atoms with E-state index in [9.17, 15) is 9.18 Å². The van der Waals surface area contributed by atoms with Crippen LogP contribution < -0.4 is 5.32 Å². The second kappa shape index (κ2) is 6.65. The van der Waals surface area contributed by atoms with Gasteiger partial charge in [-0.2, -0.15) is 0 Å². The van der Waals surface area contributed by atoms with Gasteiger partial charge in [0.25, 0.3) is 5.91 Å². The first kappa shape index (κ1) is 15.4. The molecule has 1 aromatic carbocycles. The Kier molecular flexibility index (Phi) is 5.12. The molecule has 1 heterocycles. The van der Waals surface area contributed by atoms with Crippen molar-refractivity contribution in [2.75, 3.05) is 40.3 Å². The molecule has 1 saturated heterocycles. The van der Waals surface area contributed by atoms with Crippen LogP contribution in [0, 0.1) is 5.82 Å². The van der Waals surface area contributed by atoms with E-state index < -0.39 is 5.82 Å². The highest BCUT2D eigenvalue weighted by Crippen LogP contribution is 2.20. The Morgan fingerprint density at radius 1 is 1.45 bits per heavy atom. The third kappa shape index (κ3) is 3.56. The highest BCUT2D eigenvalue weighted by atomic mass is 79.9. The van der Waals surface area contributed by atoms with E-state index in [-0.39, 0.29) is 16.4 Å². The van der Waals surface area contributed by atoms with E-state index >= 15 is 0 Å². The number of rotatable bonds is 3. The number of nitrogens with one attached hydrogen (secondary N) is 1. The molecule has 110 valence electrons. The van der Waals surface area contributed by atoms with Gasteiger partial charge in [-0.3, -0.25) is 9.69 Å². The summed E-state index contributed by atoms with van der Waals surface area (Å²) in [6, 6.07) is 4.75. The average molecular weight is 344 g/mol. The van der Waals surface area contributed by atoms with Crippen molar-refractivity contribution in [2.45, 2.75) is 6.04 Å². The van der Waals surface area contributed by atoms with E-state index in [1.807, 2.05) is 0 Å². The van der Waals surface area contributed by atoms with Crippen LogP contribution in [0.3, 0.4) is 0 Å². The summed E-state index contributed by atoms with van der Waals surface area (Å²) in [5.41, 5.74) is 0.330. The number of amides is 1. The number of carbonyl (C=O) groups excluding carboxylic acids is 1. The highest BCUT2D eigenvalue weighted by molar-refractivity contribution is 9.10. The summed E-state index contributed by atoms with van der Waals surface area (Å²) in [5.74, 6) is -0.676. The van der Waals surface area contributed by atoms with Gasteiger partial charge in [0.05, 0.1) is 10.0 Å². The van der Waals surface area contributed by atoms with Crippen LogP contribution >= 0.6 is 15.9 Å². The van der Waals surface area contributed by atoms with Crippen LogP contribution in [0.1, 0.15) is 10.4 Å². The number of carbonyl (C=O) groups is 1. The molecule has 1 unspecified atom stereocenters. The maximum atomic E-state index is 13.4. The fraction of sp³-hybridized carbons (Fsp3) is 0.500. The van der Waals surface area contributed by atoms with Crippen molar-refractivity contribution in [2.24, 2.45) is 0 Å². The summed E-state index contributed by atoms with van der Waals surface area (Å²) in [5, 5.41) is 2.88. The van der Waals surface area contributed by atoms with Gasteiger partial charge in [-0.25, -0.2) is 4.39 Å². The van der Waals surface area contributed by atoms with Gasteiger partial charge in [-0.1, -0.05) is 6.07 Å². The summed E-state index contributed by atoms with van der Waals surface area (Å²) in [7, 11) is 4.13. The maximum absolute atomic E-state index is 13.4. The molecule has 0 saturated carbocycles. The number of hydrogen-bond donors (Lipinski definition) is 1. The zero-order valence-corrected chi connectivity index (χ0v) is 13.3. The maximum Gasteiger partial charge on any atom is 0.252 e. The number of halogens is 2. The molecule has 4 nitrogen and oxygen atoms in total. The molecular weight excluding hydrogens is 325 g/mol. The topological polar surface area (TPSA) is 35.6 Å². The molecule has 1 aliphatic heterocycles. The van der Waals surface area contributed by atoms with Crippen LogP contribution in [-0.4, -0.2) is 62.0 Å². The monoisotopic (exact) mass is 343 g/mol. The summed E-state index contributed by atoms with van der Waals surface area (Å²) in [6.07, 6.45) is 0. The summed E-state index contributed by atoms with van der Waals surface area (Å²) < 4.78 is 13.6. The summed E-state index contributed by atoms with van der Waals surface area (Å²) >= 11 is 3.11. The lowest BCUT2D eigenvalue weighted by Crippen LogP contribution is -2.54. The first-order valence-corrected chi connectivity index (χ1v) is 7.39. The lowest BCUT2D eigenvalue weighted by Gasteiger charge is -2.37. The summed E-state index contributed by atoms with van der Waals surface area (Å²) in [6.45, 7) is 3.50. The van der Waals surface area contributed by atoms with Crippen LogP contribution in [0.5, 0.6) is 0 Å². The second-order valence-corrected chi connectivity index (χ2v) is 6.00. The molecule has 1 amide bonds. The van der Waals surface area contributed by atoms with Crippen molar-refractivity contribution >= 4 is 21.8 Å². The number of nitrogens with zero attached hydrogens (tertiary/aromatic N) is 2. The normalized spacial score (nSPS) is 20.9. The number of benzene rings is 1. The van der Waals surface area contributed by atoms with Crippen LogP contribution in [0.15, 0.2) is 22.7 Å². The van der Waals surface area contributed by atoms with Crippen LogP contribution in [0.25, 0.3) is 0 Å². The molecule has 1 aromatic rings. The molecule has 1 N–H and O–H groups in total. The van der Waals surface area contributed by atoms with Crippen LogP contribution in [0.4, 0.5) is 4.39 Å². The molecule has 0 radical (unpaired) electrons. The van der Waals surface area contributed by atoms with E-state index in [4.69, 9.17) is 0 Å². The van der Waals surface area contributed by atoms with E-state index in [0.717, 1.165) is 19.6 Å². The molecule has 1 atom stereocenters. The van der Waals surface area contributed by atoms with E-state index in [1.54, 1.807) is 6.07 Å². The fourth-order valence-electron chi connectivity index (χ4n) is 2.31. The third-order valence-corrected chi connectivity index (χ3v) is 4.48. The van der Waals surface area contributed by atoms with Crippen LogP contribution in [-0.2, 0) is 0 Å². The van der Waals surface area contributed by atoms with Crippen molar-refractivity contribution in [1.29, 1.82) is 0 Å². The van der Waals surface area contributed by atoms with E-state index in [2.05, 4.69) is 45.1 Å². The summed E-state index contributed by atoms with van der Waals surface area (Å²) in [4.78, 5) is 16.6. The Labute approximate surface area is 127 Å². The first-order chi connectivity index (χ1) is 9.49. The minimum atomic E-state index is -0.424. The SMILES string of the molecule is CN1CCN(C)C(CNC(=O)c2cccc(F)c2Br)C1. The van der Waals surface area contributed by atoms with Crippen molar-refractivity contribution in [3.63, 3.8) is 0 Å². The smallest absolute Gasteiger partial charge is 0.252 e. The average Bonchev–Trinajstić information content (AvgIpc) is 2.42. The molecule has 0 bridgehead atoms. The predicted molar refractivity (Wildman–Crippen MR) is 80.3 cm³/mol. The molecule has 20 heavy (non-hydrogen) atoms. The largest absolute Gasteiger partial charge is 0.350 e. The Hall–Kier alpha value is -0.980. The standard InChI is InChI=1S/C14H19BrFN3O/c1-18-6-7-19(2)10(9-18)8-17-14(20)11-4-3-5-12(16)13(11)15/h3-5,10H,6-9H2,1-2H3,(H,17,20). The molecule has 1 aliphatic rings. The quantitative estimate of drug-likeness (QED) is 0.904. The Bertz CT molecular complexity index is 497. The third-order valence-electron chi connectivity index (χ3n) is 3.67. The van der Waals surface area contributed by atoms with Crippen molar-refractivity contribution in [3.8, 4) is 0 Å². The molecule has 6 heteroatoms. The molecule has 2 rings (SSSR count). The minimum absolute atomic E-state index is 0.214. The minimum Gasteiger partial charge on any atom is -0.350 e. The molecule has 0 aliphatic carbocycles. The lowest BCUT2D eigenvalue weighted by molar-refractivity contribution is 0.0880. The Morgan fingerprint density at radius 2 is 2.20 bits per heavy atom. The number of hydrogen-bond acceptors (Lipinski definition) is 3. The molecule has 0 aromatic heterocycles. The van der Waals surface area contributed by atoms with Gasteiger partial charge in [-0.05, 0) is 42.2 Å². The van der Waals surface area contributed by atoms with E-state index in [0.29, 0.717) is 12.1 Å². The van der Waals surface area contributed by atoms with Crippen molar-refractivity contribution in [1.82, 2.24) is 15.1 Å². The van der Waals surface area contributed by atoms with Gasteiger partial charge in [0.2, 0.25) is 0 Å². The fourth-order valence-corrected chi connectivity index (χ4v) is 2.75. The zero-order valence-electron chi connectivity index (χ0n) is 11.7. The Morgan fingerprint density at radius 3 is 2.95 bits per heavy atom. The van der Waals surface area contributed by atoms with Crippen molar-refractivity contribution < 1.29 is 9.18 Å². The van der Waals surface area contributed by atoms with Gasteiger partial charge in [-0.15, -0.1) is 0 Å². The number of piperazine rings is 1. The van der Waals surface area contributed by atoms with Gasteiger partial charge < -0.3 is 10.2 Å². The van der Waals surface area contributed by atoms with Gasteiger partial charge in [0.15, 0.2) is 0 Å². The molecular formula is C14H19BrFN3O.